The molecule has 21 heavy (non-hydrogen) atoms. The summed E-state index contributed by atoms with van der Waals surface area (Å²) >= 11 is 0. The van der Waals surface area contributed by atoms with Crippen molar-refractivity contribution in [3.8, 4) is 5.75 Å². The van der Waals surface area contributed by atoms with Gasteiger partial charge in [0.15, 0.2) is 0 Å². The van der Waals surface area contributed by atoms with E-state index >= 15 is 0 Å². The molecule has 0 saturated heterocycles. The molecule has 0 heterocycles. The monoisotopic (exact) mass is 294 g/mol. The van der Waals surface area contributed by atoms with Crippen LogP contribution in [-0.2, 0) is 0 Å². The number of aliphatic hydroxyl groups excluding tert-OH is 1. The Morgan fingerprint density at radius 1 is 1.33 bits per heavy atom. The zero-order valence-electron chi connectivity index (χ0n) is 13.8. The van der Waals surface area contributed by atoms with Crippen LogP contribution in [0, 0.1) is 6.92 Å². The van der Waals surface area contributed by atoms with Gasteiger partial charge >= 0.3 is 0 Å². The molecule has 0 bridgehead atoms. The molecule has 0 aliphatic heterocycles. The van der Waals surface area contributed by atoms with Gasteiger partial charge in [-0.05, 0) is 38.9 Å². The van der Waals surface area contributed by atoms with E-state index in [1.54, 1.807) is 0 Å². The summed E-state index contributed by atoms with van der Waals surface area (Å²) < 4.78 is 5.63. The first-order valence-corrected chi connectivity index (χ1v) is 7.82. The van der Waals surface area contributed by atoms with Gasteiger partial charge in [-0.3, -0.25) is 0 Å². The first kappa shape index (κ1) is 18.0. The number of likely N-dealkylation sites (N-methyl/N-ethyl adjacent to an activating group) is 1. The summed E-state index contributed by atoms with van der Waals surface area (Å²) in [4.78, 5) is 2.32. The Kier molecular flexibility index (Phi) is 8.35. The van der Waals surface area contributed by atoms with Gasteiger partial charge in [-0.2, -0.15) is 0 Å². The van der Waals surface area contributed by atoms with Crippen molar-refractivity contribution >= 4 is 0 Å². The smallest absolute Gasteiger partial charge is 0.122 e. The molecule has 0 aromatic heterocycles. The van der Waals surface area contributed by atoms with Gasteiger partial charge in [-0.1, -0.05) is 25.1 Å². The maximum Gasteiger partial charge on any atom is 0.122 e. The molecule has 0 radical (unpaired) electrons. The third-order valence-corrected chi connectivity index (χ3v) is 3.89. The molecule has 0 aliphatic carbocycles. The van der Waals surface area contributed by atoms with Crippen LogP contribution in [0.25, 0.3) is 0 Å². The number of ether oxygens (including phenoxy) is 1. The number of nitrogens with zero attached hydrogens (tertiary/aromatic N) is 1. The molecule has 1 rings (SSSR count). The highest BCUT2D eigenvalue weighted by Gasteiger charge is 2.08. The first-order valence-electron chi connectivity index (χ1n) is 7.82. The minimum Gasteiger partial charge on any atom is -0.491 e. The van der Waals surface area contributed by atoms with E-state index in [1.165, 1.54) is 0 Å². The summed E-state index contributed by atoms with van der Waals surface area (Å²) in [5.74, 6) is 0.841. The van der Waals surface area contributed by atoms with E-state index < -0.39 is 6.10 Å². The van der Waals surface area contributed by atoms with E-state index in [2.05, 4.69) is 31.1 Å². The number of rotatable bonds is 10. The number of benzene rings is 1. The van der Waals surface area contributed by atoms with Gasteiger partial charge < -0.3 is 20.1 Å². The lowest BCUT2D eigenvalue weighted by molar-refractivity contribution is 0.105. The van der Waals surface area contributed by atoms with Crippen LogP contribution in [0.1, 0.15) is 25.8 Å². The lowest BCUT2D eigenvalue weighted by Crippen LogP contribution is -2.38. The van der Waals surface area contributed by atoms with Gasteiger partial charge in [-0.25, -0.2) is 0 Å². The van der Waals surface area contributed by atoms with Gasteiger partial charge in [0.05, 0.1) is 0 Å². The Morgan fingerprint density at radius 2 is 2.05 bits per heavy atom. The van der Waals surface area contributed by atoms with Crippen molar-refractivity contribution in [2.75, 3.05) is 33.3 Å². The van der Waals surface area contributed by atoms with Crippen molar-refractivity contribution in [1.82, 2.24) is 10.2 Å². The number of aliphatic hydroxyl groups is 1. The Morgan fingerprint density at radius 3 is 2.71 bits per heavy atom. The Bertz CT molecular complexity index is 398. The molecule has 0 saturated carbocycles. The van der Waals surface area contributed by atoms with Gasteiger partial charge in [0.1, 0.15) is 18.5 Å². The summed E-state index contributed by atoms with van der Waals surface area (Å²) in [5.41, 5.74) is 1.09. The fourth-order valence-corrected chi connectivity index (χ4v) is 2.02. The van der Waals surface area contributed by atoms with Crippen LogP contribution < -0.4 is 10.1 Å². The van der Waals surface area contributed by atoms with Crippen LogP contribution in [0.15, 0.2) is 24.3 Å². The van der Waals surface area contributed by atoms with Gasteiger partial charge in [0.2, 0.25) is 0 Å². The van der Waals surface area contributed by atoms with E-state index in [1.807, 2.05) is 31.2 Å². The molecule has 2 unspecified atom stereocenters. The second kappa shape index (κ2) is 9.77. The fraction of sp³-hybridized carbons (Fsp3) is 0.647. The predicted molar refractivity (Wildman–Crippen MR) is 87.9 cm³/mol. The minimum absolute atomic E-state index is 0.319. The highest BCUT2D eigenvalue weighted by Crippen LogP contribution is 2.16. The average Bonchev–Trinajstić information content (AvgIpc) is 2.49. The standard InChI is InChI=1S/C17H30N2O2/c1-5-15(3)19(4)11-10-18-12-16(20)13-21-17-9-7-6-8-14(17)2/h6-9,15-16,18,20H,5,10-13H2,1-4H3. The Labute approximate surface area is 129 Å². The van der Waals surface area contributed by atoms with E-state index in [-0.39, 0.29) is 0 Å². The molecule has 4 heteroatoms. The van der Waals surface area contributed by atoms with Crippen molar-refractivity contribution in [2.45, 2.75) is 39.3 Å². The molecule has 0 aliphatic rings. The van der Waals surface area contributed by atoms with Crippen molar-refractivity contribution in [3.05, 3.63) is 29.8 Å². The molecule has 1 aromatic carbocycles. The third-order valence-electron chi connectivity index (χ3n) is 3.89. The second-order valence-electron chi connectivity index (χ2n) is 5.67. The van der Waals surface area contributed by atoms with E-state index in [4.69, 9.17) is 4.74 Å². The van der Waals surface area contributed by atoms with Crippen LogP contribution in [-0.4, -0.2) is 55.4 Å². The third kappa shape index (κ3) is 6.93. The molecule has 1 aromatic rings. The van der Waals surface area contributed by atoms with Gasteiger partial charge in [0.25, 0.3) is 0 Å². The number of para-hydroxylation sites is 1. The van der Waals surface area contributed by atoms with Crippen molar-refractivity contribution < 1.29 is 9.84 Å². The van der Waals surface area contributed by atoms with Crippen LogP contribution in [0.2, 0.25) is 0 Å². The summed E-state index contributed by atoms with van der Waals surface area (Å²) in [5, 5.41) is 13.2. The summed E-state index contributed by atoms with van der Waals surface area (Å²) in [7, 11) is 2.13. The van der Waals surface area contributed by atoms with Crippen LogP contribution in [0.3, 0.4) is 0 Å². The van der Waals surface area contributed by atoms with Crippen molar-refractivity contribution in [2.24, 2.45) is 0 Å². The minimum atomic E-state index is -0.487. The summed E-state index contributed by atoms with van der Waals surface area (Å²) in [6.07, 6.45) is 0.669. The maximum atomic E-state index is 9.92. The molecule has 4 nitrogen and oxygen atoms in total. The quantitative estimate of drug-likeness (QED) is 0.648. The van der Waals surface area contributed by atoms with Gasteiger partial charge in [0, 0.05) is 25.7 Å². The van der Waals surface area contributed by atoms with Crippen LogP contribution in [0.4, 0.5) is 0 Å². The molecule has 0 amide bonds. The first-order chi connectivity index (χ1) is 10.0. The molecule has 0 fully saturated rings. The van der Waals surface area contributed by atoms with E-state index in [0.29, 0.717) is 19.2 Å². The SMILES string of the molecule is CCC(C)N(C)CCNCC(O)COc1ccccc1C. The highest BCUT2D eigenvalue weighted by atomic mass is 16.5. The largest absolute Gasteiger partial charge is 0.491 e. The van der Waals surface area contributed by atoms with Crippen LogP contribution >= 0.6 is 0 Å². The molecular weight excluding hydrogens is 264 g/mol. The number of nitrogens with one attached hydrogen (secondary N) is 1. The number of hydrogen-bond acceptors (Lipinski definition) is 4. The van der Waals surface area contributed by atoms with E-state index in [9.17, 15) is 5.11 Å². The zero-order valence-corrected chi connectivity index (χ0v) is 13.8. The van der Waals surface area contributed by atoms with Crippen molar-refractivity contribution in [3.63, 3.8) is 0 Å². The fourth-order valence-electron chi connectivity index (χ4n) is 2.02. The Balaban J connectivity index is 2.14. The second-order valence-corrected chi connectivity index (χ2v) is 5.67. The summed E-state index contributed by atoms with van der Waals surface area (Å²) in [6, 6.07) is 8.45. The van der Waals surface area contributed by atoms with E-state index in [0.717, 1.165) is 30.8 Å². The average molecular weight is 294 g/mol. The summed E-state index contributed by atoms with van der Waals surface area (Å²) in [6.45, 7) is 9.17. The Hall–Kier alpha value is -1.10. The molecule has 0 spiro atoms. The lowest BCUT2D eigenvalue weighted by Gasteiger charge is -2.23. The maximum absolute atomic E-state index is 9.92. The molecule has 120 valence electrons. The molecular formula is C17H30N2O2. The predicted octanol–water partition coefficient (Wildman–Crippen LogP) is 2.05. The lowest BCUT2D eigenvalue weighted by atomic mass is 10.2. The van der Waals surface area contributed by atoms with Crippen LogP contribution in [0.5, 0.6) is 5.75 Å². The topological polar surface area (TPSA) is 44.7 Å². The number of hydrogen-bond donors (Lipinski definition) is 2. The highest BCUT2D eigenvalue weighted by molar-refractivity contribution is 5.31. The van der Waals surface area contributed by atoms with Crippen molar-refractivity contribution in [1.29, 1.82) is 0 Å². The molecule has 2 atom stereocenters. The zero-order chi connectivity index (χ0) is 15.7. The normalized spacial score (nSPS) is 14.2. The van der Waals surface area contributed by atoms with Gasteiger partial charge in [-0.15, -0.1) is 0 Å². The number of aryl methyl sites for hydroxylation is 1. The molecule has 2 N–H and O–H groups in total.